The minimum atomic E-state index is -0.646. The fraction of sp³-hybridized carbons (Fsp3) is 0.368. The lowest BCUT2D eigenvalue weighted by atomic mass is 10.0. The quantitative estimate of drug-likeness (QED) is 0.733. The largest absolute Gasteiger partial charge is 0.443 e. The van der Waals surface area contributed by atoms with Crippen LogP contribution in [0.2, 0.25) is 0 Å². The van der Waals surface area contributed by atoms with Crippen molar-refractivity contribution in [3.63, 3.8) is 0 Å². The number of anilines is 1. The number of aliphatic hydroxyl groups is 1. The van der Waals surface area contributed by atoms with E-state index in [1.807, 2.05) is 18.7 Å². The van der Waals surface area contributed by atoms with Crippen LogP contribution in [0.5, 0.6) is 0 Å². The van der Waals surface area contributed by atoms with E-state index in [0.717, 1.165) is 23.5 Å². The molecule has 27 heavy (non-hydrogen) atoms. The van der Waals surface area contributed by atoms with E-state index in [1.165, 1.54) is 6.07 Å². The number of β-amino-alcohol motifs (C(OH)–C–C–N with tert-alkyl or cyclic N) is 1. The Kier molecular flexibility index (Phi) is 4.32. The van der Waals surface area contributed by atoms with Crippen molar-refractivity contribution < 1.29 is 18.3 Å². The normalized spacial score (nSPS) is 20.6. The highest BCUT2D eigenvalue weighted by atomic mass is 19.1. The molecule has 0 bridgehead atoms. The van der Waals surface area contributed by atoms with Crippen LogP contribution in [0.1, 0.15) is 35.2 Å². The van der Waals surface area contributed by atoms with Crippen LogP contribution in [-0.2, 0) is 6.54 Å². The van der Waals surface area contributed by atoms with E-state index in [0.29, 0.717) is 35.7 Å². The fourth-order valence-electron chi connectivity index (χ4n) is 3.73. The summed E-state index contributed by atoms with van der Waals surface area (Å²) in [5.74, 6) is 0.423. The third-order valence-electron chi connectivity index (χ3n) is 5.15. The summed E-state index contributed by atoms with van der Waals surface area (Å²) in [5.41, 5.74) is 7.58. The number of furan rings is 1. The number of halogens is 2. The average Bonchev–Trinajstić information content (AvgIpc) is 3.09. The van der Waals surface area contributed by atoms with E-state index < -0.39 is 23.8 Å². The van der Waals surface area contributed by atoms with Gasteiger partial charge >= 0.3 is 0 Å². The van der Waals surface area contributed by atoms with Crippen LogP contribution in [0, 0.1) is 25.5 Å². The molecule has 0 unspecified atom stereocenters. The predicted molar refractivity (Wildman–Crippen MR) is 95.8 cm³/mol. The lowest BCUT2D eigenvalue weighted by Crippen LogP contribution is -2.26. The molecule has 0 spiro atoms. The first-order chi connectivity index (χ1) is 12.8. The Labute approximate surface area is 154 Å². The lowest BCUT2D eigenvalue weighted by Gasteiger charge is -2.24. The number of likely N-dealkylation sites (tertiary alicyclic amines) is 1. The molecule has 2 aromatic heterocycles. The predicted octanol–water partition coefficient (Wildman–Crippen LogP) is 3.01. The van der Waals surface area contributed by atoms with Crippen molar-refractivity contribution in [3.05, 3.63) is 52.5 Å². The standard InChI is InChI=1S/C19H20F2N4O2/c1-9-10(2)27-19-17(9)18(22)23-16(24-19)8-25-7-12(26)6-15(25)13-5-11(20)3-4-14(13)21/h3-5,12,15,26H,6-8H2,1-2H3,(H2,22,23,24)/t12-,15-/m1/s1. The van der Waals surface area contributed by atoms with Gasteiger partial charge in [0.05, 0.1) is 18.0 Å². The van der Waals surface area contributed by atoms with E-state index in [2.05, 4.69) is 9.97 Å². The zero-order valence-corrected chi connectivity index (χ0v) is 15.0. The van der Waals surface area contributed by atoms with Crippen molar-refractivity contribution in [1.29, 1.82) is 0 Å². The smallest absolute Gasteiger partial charge is 0.231 e. The Morgan fingerprint density at radius 3 is 2.85 bits per heavy atom. The van der Waals surface area contributed by atoms with E-state index in [1.54, 1.807) is 0 Å². The highest BCUT2D eigenvalue weighted by Gasteiger charge is 2.34. The maximum atomic E-state index is 14.2. The van der Waals surface area contributed by atoms with Crippen molar-refractivity contribution in [2.24, 2.45) is 0 Å². The topological polar surface area (TPSA) is 88.4 Å². The minimum absolute atomic E-state index is 0.213. The number of nitrogens with two attached hydrogens (primary N) is 1. The number of aryl methyl sites for hydroxylation is 2. The van der Waals surface area contributed by atoms with Gasteiger partial charge in [-0.15, -0.1) is 0 Å². The number of nitrogens with zero attached hydrogens (tertiary/aromatic N) is 3. The van der Waals surface area contributed by atoms with Gasteiger partial charge in [0.2, 0.25) is 5.71 Å². The summed E-state index contributed by atoms with van der Waals surface area (Å²) in [6.45, 7) is 4.25. The third-order valence-corrected chi connectivity index (χ3v) is 5.15. The minimum Gasteiger partial charge on any atom is -0.443 e. The number of nitrogen functional groups attached to an aromatic ring is 1. The maximum Gasteiger partial charge on any atom is 0.231 e. The molecule has 0 saturated carbocycles. The van der Waals surface area contributed by atoms with Gasteiger partial charge in [0.15, 0.2) is 0 Å². The molecule has 4 rings (SSSR count). The maximum absolute atomic E-state index is 14.2. The van der Waals surface area contributed by atoms with Crippen LogP contribution in [-0.4, -0.2) is 32.6 Å². The van der Waals surface area contributed by atoms with Gasteiger partial charge in [-0.1, -0.05) is 0 Å². The highest BCUT2D eigenvalue weighted by molar-refractivity contribution is 5.88. The van der Waals surface area contributed by atoms with Crippen LogP contribution in [0.3, 0.4) is 0 Å². The first-order valence-electron chi connectivity index (χ1n) is 8.72. The Morgan fingerprint density at radius 1 is 1.30 bits per heavy atom. The van der Waals surface area contributed by atoms with Crippen molar-refractivity contribution in [2.75, 3.05) is 12.3 Å². The number of hydrogen-bond donors (Lipinski definition) is 2. The van der Waals surface area contributed by atoms with Gasteiger partial charge in [-0.25, -0.2) is 13.8 Å². The lowest BCUT2D eigenvalue weighted by molar-refractivity contribution is 0.171. The Bertz CT molecular complexity index is 1020. The molecule has 142 valence electrons. The molecule has 1 aromatic carbocycles. The third kappa shape index (κ3) is 3.15. The van der Waals surface area contributed by atoms with Gasteiger partial charge in [0, 0.05) is 23.7 Å². The van der Waals surface area contributed by atoms with Crippen molar-refractivity contribution in [3.8, 4) is 0 Å². The first kappa shape index (κ1) is 17.8. The number of aromatic nitrogens is 2. The zero-order valence-electron chi connectivity index (χ0n) is 15.0. The average molecular weight is 374 g/mol. The Hall–Kier alpha value is -2.58. The van der Waals surface area contributed by atoms with Crippen LogP contribution < -0.4 is 5.73 Å². The molecule has 3 heterocycles. The summed E-state index contributed by atoms with van der Waals surface area (Å²) in [6, 6.07) is 2.87. The van der Waals surface area contributed by atoms with Crippen LogP contribution in [0.15, 0.2) is 22.6 Å². The van der Waals surface area contributed by atoms with Gasteiger partial charge in [-0.2, -0.15) is 4.98 Å². The molecular weight excluding hydrogens is 354 g/mol. The molecule has 1 fully saturated rings. The first-order valence-corrected chi connectivity index (χ1v) is 8.72. The molecular formula is C19H20F2N4O2. The van der Waals surface area contributed by atoms with E-state index >= 15 is 0 Å². The molecule has 8 heteroatoms. The number of benzene rings is 1. The van der Waals surface area contributed by atoms with Gasteiger partial charge in [-0.3, -0.25) is 4.90 Å². The zero-order chi connectivity index (χ0) is 19.3. The molecule has 3 N–H and O–H groups in total. The Morgan fingerprint density at radius 2 is 2.07 bits per heavy atom. The van der Waals surface area contributed by atoms with Gasteiger partial charge in [0.1, 0.15) is 29.0 Å². The highest BCUT2D eigenvalue weighted by Crippen LogP contribution is 2.35. The van der Waals surface area contributed by atoms with Crippen molar-refractivity contribution in [1.82, 2.24) is 14.9 Å². The van der Waals surface area contributed by atoms with Gasteiger partial charge in [-0.05, 0) is 38.5 Å². The molecule has 6 nitrogen and oxygen atoms in total. The molecule has 1 aliphatic heterocycles. The second-order valence-corrected chi connectivity index (χ2v) is 6.99. The summed E-state index contributed by atoms with van der Waals surface area (Å²) < 4.78 is 33.5. The monoisotopic (exact) mass is 374 g/mol. The number of rotatable bonds is 3. The molecule has 1 saturated heterocycles. The van der Waals surface area contributed by atoms with E-state index in [4.69, 9.17) is 10.2 Å². The number of hydrogen-bond acceptors (Lipinski definition) is 6. The second-order valence-electron chi connectivity index (χ2n) is 6.99. The van der Waals surface area contributed by atoms with Gasteiger partial charge in [0.25, 0.3) is 0 Å². The molecule has 1 aliphatic rings. The fourth-order valence-corrected chi connectivity index (χ4v) is 3.73. The summed E-state index contributed by atoms with van der Waals surface area (Å²) in [7, 11) is 0. The van der Waals surface area contributed by atoms with Crippen LogP contribution in [0.25, 0.3) is 11.1 Å². The van der Waals surface area contributed by atoms with Crippen LogP contribution in [0.4, 0.5) is 14.6 Å². The van der Waals surface area contributed by atoms with Crippen molar-refractivity contribution >= 4 is 16.9 Å². The Balaban J connectivity index is 1.68. The molecule has 0 amide bonds. The van der Waals surface area contributed by atoms with Crippen LogP contribution >= 0.6 is 0 Å². The number of fused-ring (bicyclic) bond motifs is 1. The molecule has 2 atom stereocenters. The van der Waals surface area contributed by atoms with Gasteiger partial charge < -0.3 is 15.3 Å². The molecule has 0 radical (unpaired) electrons. The SMILES string of the molecule is Cc1oc2nc(CN3C[C@H](O)C[C@@H]3c3cc(F)ccc3F)nc(N)c2c1C. The molecule has 3 aromatic rings. The van der Waals surface area contributed by atoms with E-state index in [9.17, 15) is 13.9 Å². The summed E-state index contributed by atoms with van der Waals surface area (Å²) in [4.78, 5) is 10.6. The van der Waals surface area contributed by atoms with Crippen molar-refractivity contribution in [2.45, 2.75) is 39.0 Å². The second kappa shape index (κ2) is 6.54. The van der Waals surface area contributed by atoms with E-state index in [-0.39, 0.29) is 12.1 Å². The molecule has 0 aliphatic carbocycles. The summed E-state index contributed by atoms with van der Waals surface area (Å²) in [6.07, 6.45) is -0.344. The summed E-state index contributed by atoms with van der Waals surface area (Å²) in [5, 5.41) is 10.8. The number of aliphatic hydroxyl groups excluding tert-OH is 1. The summed E-state index contributed by atoms with van der Waals surface area (Å²) >= 11 is 0.